The predicted octanol–water partition coefficient (Wildman–Crippen LogP) is 3.74. The Bertz CT molecular complexity index is 842. The van der Waals surface area contributed by atoms with Gasteiger partial charge in [0.25, 0.3) is 0 Å². The standard InChI is InChI=1S/C15H8N2O3/c1-16-11-5-2-9(3-6-11)14-17-12-8-10(15(18)19)4-7-13(12)20-14/h2-8H,(H,18,19). The lowest BCUT2D eigenvalue weighted by molar-refractivity contribution is 0.0697. The summed E-state index contributed by atoms with van der Waals surface area (Å²) in [5.74, 6) is -0.600. The number of aromatic nitrogens is 1. The summed E-state index contributed by atoms with van der Waals surface area (Å²) in [6.45, 7) is 6.90. The van der Waals surface area contributed by atoms with Gasteiger partial charge in [-0.25, -0.2) is 14.6 Å². The number of carbonyl (C=O) groups is 1. The van der Waals surface area contributed by atoms with E-state index in [2.05, 4.69) is 9.83 Å². The fraction of sp³-hybridized carbons (Fsp3) is 0. The number of carboxylic acid groups (broad SMARTS) is 1. The van der Waals surface area contributed by atoms with Crippen LogP contribution in [0, 0.1) is 6.57 Å². The highest BCUT2D eigenvalue weighted by atomic mass is 16.4. The average Bonchev–Trinajstić information content (AvgIpc) is 2.90. The molecule has 0 radical (unpaired) electrons. The minimum atomic E-state index is -1.00. The lowest BCUT2D eigenvalue weighted by atomic mass is 10.2. The van der Waals surface area contributed by atoms with E-state index in [1.165, 1.54) is 12.1 Å². The molecule has 0 bridgehead atoms. The first kappa shape index (κ1) is 11.9. The highest BCUT2D eigenvalue weighted by molar-refractivity contribution is 5.92. The molecule has 0 unspecified atom stereocenters. The number of hydrogen-bond acceptors (Lipinski definition) is 3. The lowest BCUT2D eigenvalue weighted by Gasteiger charge is -1.94. The minimum Gasteiger partial charge on any atom is -0.478 e. The number of carboxylic acids is 1. The molecule has 2 aromatic carbocycles. The Morgan fingerprint density at radius 2 is 1.95 bits per heavy atom. The Kier molecular flexibility index (Phi) is 2.70. The molecule has 96 valence electrons. The van der Waals surface area contributed by atoms with E-state index in [1.807, 2.05) is 0 Å². The third kappa shape index (κ3) is 1.99. The summed E-state index contributed by atoms with van der Waals surface area (Å²) in [7, 11) is 0. The molecule has 0 amide bonds. The number of rotatable bonds is 2. The Morgan fingerprint density at radius 3 is 2.60 bits per heavy atom. The summed E-state index contributed by atoms with van der Waals surface area (Å²) in [4.78, 5) is 18.5. The monoisotopic (exact) mass is 264 g/mol. The molecule has 5 heteroatoms. The topological polar surface area (TPSA) is 67.7 Å². The van der Waals surface area contributed by atoms with Crippen molar-refractivity contribution >= 4 is 22.8 Å². The molecule has 1 N–H and O–H groups in total. The summed E-state index contributed by atoms with van der Waals surface area (Å²) in [5.41, 5.74) is 2.47. The Hall–Kier alpha value is -3.13. The number of aromatic carboxylic acids is 1. The van der Waals surface area contributed by atoms with Gasteiger partial charge in [-0.15, -0.1) is 0 Å². The molecule has 0 aliphatic rings. The van der Waals surface area contributed by atoms with Crippen LogP contribution in [-0.2, 0) is 0 Å². The smallest absolute Gasteiger partial charge is 0.335 e. The Morgan fingerprint density at radius 1 is 1.20 bits per heavy atom. The van der Waals surface area contributed by atoms with Crippen molar-refractivity contribution in [2.45, 2.75) is 0 Å². The zero-order valence-electron chi connectivity index (χ0n) is 10.2. The van der Waals surface area contributed by atoms with Crippen LogP contribution in [-0.4, -0.2) is 16.1 Å². The van der Waals surface area contributed by atoms with E-state index in [0.717, 1.165) is 5.56 Å². The van der Waals surface area contributed by atoms with E-state index in [-0.39, 0.29) is 5.56 Å². The van der Waals surface area contributed by atoms with E-state index < -0.39 is 5.97 Å². The number of hydrogen-bond donors (Lipinski definition) is 1. The number of nitrogens with zero attached hydrogens (tertiary/aromatic N) is 2. The molecule has 5 nitrogen and oxygen atoms in total. The van der Waals surface area contributed by atoms with Gasteiger partial charge in [0, 0.05) is 5.56 Å². The van der Waals surface area contributed by atoms with Crippen molar-refractivity contribution in [2.75, 3.05) is 0 Å². The van der Waals surface area contributed by atoms with Crippen LogP contribution in [0.5, 0.6) is 0 Å². The first-order valence-electron chi connectivity index (χ1n) is 5.79. The van der Waals surface area contributed by atoms with Crippen LogP contribution in [0.2, 0.25) is 0 Å². The zero-order chi connectivity index (χ0) is 14.1. The van der Waals surface area contributed by atoms with Gasteiger partial charge in [-0.2, -0.15) is 0 Å². The van der Waals surface area contributed by atoms with Gasteiger partial charge in [-0.05, 0) is 18.2 Å². The highest BCUT2D eigenvalue weighted by Gasteiger charge is 2.11. The second kappa shape index (κ2) is 4.52. The van der Waals surface area contributed by atoms with Gasteiger partial charge < -0.3 is 9.52 Å². The second-order valence-electron chi connectivity index (χ2n) is 4.17. The van der Waals surface area contributed by atoms with Crippen molar-refractivity contribution < 1.29 is 14.3 Å². The summed E-state index contributed by atoms with van der Waals surface area (Å²) in [6.07, 6.45) is 0. The van der Waals surface area contributed by atoms with E-state index in [1.54, 1.807) is 30.3 Å². The number of benzene rings is 2. The third-order valence-corrected chi connectivity index (χ3v) is 2.88. The molecule has 0 atom stereocenters. The molecule has 0 saturated heterocycles. The molecule has 1 aromatic heterocycles. The van der Waals surface area contributed by atoms with Crippen molar-refractivity contribution in [2.24, 2.45) is 0 Å². The molecule has 0 fully saturated rings. The second-order valence-corrected chi connectivity index (χ2v) is 4.17. The maximum atomic E-state index is 10.9. The maximum Gasteiger partial charge on any atom is 0.335 e. The van der Waals surface area contributed by atoms with Gasteiger partial charge in [-0.1, -0.05) is 24.3 Å². The summed E-state index contributed by atoms with van der Waals surface area (Å²) < 4.78 is 5.58. The Balaban J connectivity index is 2.08. The molecular weight excluding hydrogens is 256 g/mol. The van der Waals surface area contributed by atoms with Crippen LogP contribution in [0.4, 0.5) is 5.69 Å². The SMILES string of the molecule is [C-]#[N+]c1ccc(-c2nc3cc(C(=O)O)ccc3o2)cc1. The molecule has 3 aromatic rings. The van der Waals surface area contributed by atoms with E-state index in [0.29, 0.717) is 22.7 Å². The first-order valence-corrected chi connectivity index (χ1v) is 5.79. The molecule has 0 saturated carbocycles. The van der Waals surface area contributed by atoms with E-state index in [9.17, 15) is 4.79 Å². The minimum absolute atomic E-state index is 0.167. The maximum absolute atomic E-state index is 10.9. The normalized spacial score (nSPS) is 10.3. The Labute approximate surface area is 113 Å². The molecule has 0 aliphatic carbocycles. The third-order valence-electron chi connectivity index (χ3n) is 2.88. The van der Waals surface area contributed by atoms with Crippen LogP contribution in [0.15, 0.2) is 46.9 Å². The van der Waals surface area contributed by atoms with Gasteiger partial charge in [-0.3, -0.25) is 0 Å². The van der Waals surface area contributed by atoms with E-state index >= 15 is 0 Å². The van der Waals surface area contributed by atoms with Crippen molar-refractivity contribution in [3.05, 3.63) is 59.4 Å². The zero-order valence-corrected chi connectivity index (χ0v) is 10.2. The summed E-state index contributed by atoms with van der Waals surface area (Å²) in [5, 5.41) is 8.94. The van der Waals surface area contributed by atoms with Gasteiger partial charge in [0.15, 0.2) is 11.3 Å². The molecule has 1 heterocycles. The fourth-order valence-electron chi connectivity index (χ4n) is 1.86. The summed E-state index contributed by atoms with van der Waals surface area (Å²) in [6, 6.07) is 11.4. The average molecular weight is 264 g/mol. The van der Waals surface area contributed by atoms with Crippen molar-refractivity contribution in [1.82, 2.24) is 4.98 Å². The molecular formula is C15H8N2O3. The molecule has 0 aliphatic heterocycles. The first-order chi connectivity index (χ1) is 9.67. The van der Waals surface area contributed by atoms with Crippen LogP contribution in [0.1, 0.15) is 10.4 Å². The molecule has 0 spiro atoms. The van der Waals surface area contributed by atoms with Gasteiger partial charge in [0.1, 0.15) is 5.52 Å². The molecule has 3 rings (SSSR count). The predicted molar refractivity (Wildman–Crippen MR) is 72.7 cm³/mol. The van der Waals surface area contributed by atoms with Crippen LogP contribution in [0.3, 0.4) is 0 Å². The van der Waals surface area contributed by atoms with Gasteiger partial charge in [0.05, 0.1) is 12.1 Å². The largest absolute Gasteiger partial charge is 0.478 e. The van der Waals surface area contributed by atoms with Crippen molar-refractivity contribution in [3.63, 3.8) is 0 Å². The van der Waals surface area contributed by atoms with Crippen molar-refractivity contribution in [3.8, 4) is 11.5 Å². The lowest BCUT2D eigenvalue weighted by Crippen LogP contribution is -1.94. The van der Waals surface area contributed by atoms with Crippen LogP contribution in [0.25, 0.3) is 27.4 Å². The van der Waals surface area contributed by atoms with Crippen molar-refractivity contribution in [1.29, 1.82) is 0 Å². The number of fused-ring (bicyclic) bond motifs is 1. The van der Waals surface area contributed by atoms with Crippen LogP contribution >= 0.6 is 0 Å². The fourth-order valence-corrected chi connectivity index (χ4v) is 1.86. The van der Waals surface area contributed by atoms with Crippen LogP contribution < -0.4 is 0 Å². The van der Waals surface area contributed by atoms with E-state index in [4.69, 9.17) is 16.1 Å². The number of oxazole rings is 1. The highest BCUT2D eigenvalue weighted by Crippen LogP contribution is 2.26. The summed E-state index contributed by atoms with van der Waals surface area (Å²) >= 11 is 0. The van der Waals surface area contributed by atoms with Gasteiger partial charge >= 0.3 is 5.97 Å². The van der Waals surface area contributed by atoms with Gasteiger partial charge in [0.2, 0.25) is 5.89 Å². The quantitative estimate of drug-likeness (QED) is 0.716. The molecule has 20 heavy (non-hydrogen) atoms.